The van der Waals surface area contributed by atoms with Crippen molar-refractivity contribution in [2.75, 3.05) is 20.1 Å². The van der Waals surface area contributed by atoms with Crippen LogP contribution >= 0.6 is 0 Å². The fourth-order valence-electron chi connectivity index (χ4n) is 3.62. The predicted octanol–water partition coefficient (Wildman–Crippen LogP) is 2.81. The lowest BCUT2D eigenvalue weighted by atomic mass is 10.00. The maximum absolute atomic E-state index is 12.3. The summed E-state index contributed by atoms with van der Waals surface area (Å²) in [7, 11) is 1.62. The van der Waals surface area contributed by atoms with Gasteiger partial charge in [0.1, 0.15) is 0 Å². The first kappa shape index (κ1) is 16.4. The van der Waals surface area contributed by atoms with Crippen molar-refractivity contribution < 1.29 is 9.59 Å². The number of carbonyl (C=O) groups is 2. The van der Waals surface area contributed by atoms with Crippen molar-refractivity contribution in [3.63, 3.8) is 0 Å². The Morgan fingerprint density at radius 1 is 1.19 bits per heavy atom. The molecule has 132 valence electrons. The summed E-state index contributed by atoms with van der Waals surface area (Å²) in [6.45, 7) is 1.37. The number of aromatic amines is 1. The lowest BCUT2D eigenvalue weighted by Crippen LogP contribution is -2.41. The number of nitrogens with one attached hydrogen (secondary N) is 1. The zero-order valence-electron chi connectivity index (χ0n) is 14.7. The monoisotopic (exact) mass is 347 g/mol. The van der Waals surface area contributed by atoms with E-state index in [4.69, 9.17) is 0 Å². The van der Waals surface area contributed by atoms with Gasteiger partial charge in [0.2, 0.25) is 12.3 Å². The third-order valence-electron chi connectivity index (χ3n) is 5.00. The number of likely N-dealkylation sites (N-methyl/N-ethyl adjacent to an activating group) is 1. The van der Waals surface area contributed by atoms with Crippen molar-refractivity contribution in [1.82, 2.24) is 14.8 Å². The van der Waals surface area contributed by atoms with E-state index < -0.39 is 0 Å². The van der Waals surface area contributed by atoms with Crippen molar-refractivity contribution in [3.8, 4) is 11.1 Å². The van der Waals surface area contributed by atoms with Crippen LogP contribution in [0.15, 0.2) is 48.5 Å². The van der Waals surface area contributed by atoms with E-state index in [0.717, 1.165) is 17.6 Å². The van der Waals surface area contributed by atoms with Crippen LogP contribution in [0.5, 0.6) is 0 Å². The van der Waals surface area contributed by atoms with Gasteiger partial charge in [-0.3, -0.25) is 9.59 Å². The lowest BCUT2D eigenvalue weighted by Gasteiger charge is -2.28. The van der Waals surface area contributed by atoms with Gasteiger partial charge in [-0.25, -0.2) is 0 Å². The average molecular weight is 347 g/mol. The first-order valence-corrected chi connectivity index (χ1v) is 8.78. The lowest BCUT2D eigenvalue weighted by molar-refractivity contribution is -0.135. The molecule has 1 aromatic heterocycles. The Balaban J connectivity index is 1.62. The molecule has 0 bridgehead atoms. The van der Waals surface area contributed by atoms with Gasteiger partial charge in [0.25, 0.3) is 0 Å². The highest BCUT2D eigenvalue weighted by atomic mass is 16.2. The van der Waals surface area contributed by atoms with Gasteiger partial charge in [-0.1, -0.05) is 42.5 Å². The topological polar surface area (TPSA) is 56.4 Å². The summed E-state index contributed by atoms with van der Waals surface area (Å²) in [6.07, 6.45) is 1.51. The van der Waals surface area contributed by atoms with Crippen molar-refractivity contribution >= 4 is 23.2 Å². The molecule has 5 heteroatoms. The molecule has 3 aromatic rings. The van der Waals surface area contributed by atoms with Crippen LogP contribution in [0.1, 0.15) is 11.3 Å². The molecule has 1 aliphatic heterocycles. The van der Waals surface area contributed by atoms with E-state index in [1.54, 1.807) is 7.05 Å². The van der Waals surface area contributed by atoms with E-state index in [1.807, 2.05) is 23.1 Å². The number of carbonyl (C=O) groups excluding carboxylic acids is 2. The fourth-order valence-corrected chi connectivity index (χ4v) is 3.62. The molecule has 0 atom stereocenters. The number of fused-ring (bicyclic) bond motifs is 3. The van der Waals surface area contributed by atoms with Gasteiger partial charge in [-0.2, -0.15) is 0 Å². The third-order valence-corrected chi connectivity index (χ3v) is 5.00. The van der Waals surface area contributed by atoms with Gasteiger partial charge >= 0.3 is 0 Å². The van der Waals surface area contributed by atoms with Crippen molar-refractivity contribution in [3.05, 3.63) is 59.8 Å². The predicted molar refractivity (Wildman–Crippen MR) is 102 cm³/mol. The molecule has 1 aliphatic rings. The smallest absolute Gasteiger partial charge is 0.242 e. The van der Waals surface area contributed by atoms with Crippen LogP contribution in [0, 0.1) is 0 Å². The second-order valence-electron chi connectivity index (χ2n) is 6.79. The fraction of sp³-hybridized carbons (Fsp3) is 0.238. The Bertz CT molecular complexity index is 962. The van der Waals surface area contributed by atoms with E-state index in [-0.39, 0.29) is 12.5 Å². The maximum atomic E-state index is 12.3. The maximum Gasteiger partial charge on any atom is 0.242 e. The molecule has 0 unspecified atom stereocenters. The average Bonchev–Trinajstić information content (AvgIpc) is 3.05. The second kappa shape index (κ2) is 6.67. The minimum atomic E-state index is -0.0196. The van der Waals surface area contributed by atoms with Gasteiger partial charge in [-0.05, 0) is 29.2 Å². The molecule has 4 rings (SSSR count). The zero-order valence-corrected chi connectivity index (χ0v) is 14.7. The Morgan fingerprint density at radius 3 is 2.77 bits per heavy atom. The number of hydrogen-bond donors (Lipinski definition) is 1. The first-order valence-electron chi connectivity index (χ1n) is 8.78. The molecule has 2 heterocycles. The largest absolute Gasteiger partial charge is 0.357 e. The van der Waals surface area contributed by atoms with Crippen LogP contribution in [0.4, 0.5) is 0 Å². The summed E-state index contributed by atoms with van der Waals surface area (Å²) in [5.74, 6) is -0.0196. The summed E-state index contributed by atoms with van der Waals surface area (Å²) in [5.41, 5.74) is 5.87. The van der Waals surface area contributed by atoms with Gasteiger partial charge < -0.3 is 14.8 Å². The normalized spacial score (nSPS) is 13.5. The van der Waals surface area contributed by atoms with Crippen LogP contribution in [-0.2, 0) is 22.6 Å². The highest BCUT2D eigenvalue weighted by Crippen LogP contribution is 2.31. The van der Waals surface area contributed by atoms with Crippen LogP contribution in [0.2, 0.25) is 0 Å². The molecule has 5 nitrogen and oxygen atoms in total. The van der Waals surface area contributed by atoms with Crippen LogP contribution in [0.3, 0.4) is 0 Å². The van der Waals surface area contributed by atoms with Gasteiger partial charge in [-0.15, -0.1) is 0 Å². The summed E-state index contributed by atoms with van der Waals surface area (Å²) in [5, 5.41) is 1.23. The molecule has 0 aliphatic carbocycles. The van der Waals surface area contributed by atoms with Gasteiger partial charge in [0.05, 0.1) is 13.1 Å². The SMILES string of the molecule is CN(C=O)CC(=O)N1CCc2c([nH]c3cc(-c4ccccc4)ccc23)C1. The van der Waals surface area contributed by atoms with E-state index >= 15 is 0 Å². The Morgan fingerprint density at radius 2 is 2.00 bits per heavy atom. The number of nitrogens with zero attached hydrogens (tertiary/aromatic N) is 2. The molecule has 0 radical (unpaired) electrons. The summed E-state index contributed by atoms with van der Waals surface area (Å²) in [6, 6.07) is 16.8. The zero-order chi connectivity index (χ0) is 18.1. The van der Waals surface area contributed by atoms with E-state index in [2.05, 4.69) is 35.3 Å². The molecular weight excluding hydrogens is 326 g/mol. The third kappa shape index (κ3) is 2.96. The first-order chi connectivity index (χ1) is 12.7. The highest BCUT2D eigenvalue weighted by Gasteiger charge is 2.24. The van der Waals surface area contributed by atoms with Crippen molar-refractivity contribution in [1.29, 1.82) is 0 Å². The molecule has 0 saturated heterocycles. The van der Waals surface area contributed by atoms with Gasteiger partial charge in [0.15, 0.2) is 0 Å². The summed E-state index contributed by atoms with van der Waals surface area (Å²) in [4.78, 5) is 29.8. The number of H-pyrrole nitrogens is 1. The van der Waals surface area contributed by atoms with Gasteiger partial charge in [0, 0.05) is 30.2 Å². The molecule has 2 aromatic carbocycles. The number of aromatic nitrogens is 1. The number of amides is 2. The van der Waals surface area contributed by atoms with Crippen LogP contribution in [0.25, 0.3) is 22.0 Å². The Hall–Kier alpha value is -3.08. The van der Waals surface area contributed by atoms with Crippen molar-refractivity contribution in [2.24, 2.45) is 0 Å². The summed E-state index contributed by atoms with van der Waals surface area (Å²) < 4.78 is 0. The summed E-state index contributed by atoms with van der Waals surface area (Å²) >= 11 is 0. The quantitative estimate of drug-likeness (QED) is 0.738. The Kier molecular flexibility index (Phi) is 4.21. The van der Waals surface area contributed by atoms with Crippen LogP contribution < -0.4 is 0 Å². The van der Waals surface area contributed by atoms with E-state index in [1.165, 1.54) is 27.0 Å². The number of rotatable bonds is 4. The molecule has 1 N–H and O–H groups in total. The van der Waals surface area contributed by atoms with Crippen molar-refractivity contribution in [2.45, 2.75) is 13.0 Å². The minimum Gasteiger partial charge on any atom is -0.357 e. The molecular formula is C21H21N3O2. The number of hydrogen-bond acceptors (Lipinski definition) is 2. The standard InChI is InChI=1S/C21H21N3O2/c1-23(14-25)13-21(26)24-10-9-18-17-8-7-16(15-5-3-2-4-6-15)11-19(17)22-20(18)12-24/h2-8,11,14,22H,9-10,12-13H2,1H3. The van der Waals surface area contributed by atoms with Crippen LogP contribution in [-0.4, -0.2) is 47.2 Å². The molecule has 0 fully saturated rings. The second-order valence-corrected chi connectivity index (χ2v) is 6.79. The molecule has 26 heavy (non-hydrogen) atoms. The minimum absolute atomic E-state index is 0.0196. The molecule has 0 spiro atoms. The molecule has 0 saturated carbocycles. The molecule has 2 amide bonds. The number of benzene rings is 2. The Labute approximate surface area is 152 Å². The van der Waals surface area contributed by atoms with E-state index in [9.17, 15) is 9.59 Å². The highest BCUT2D eigenvalue weighted by molar-refractivity contribution is 5.89. The van der Waals surface area contributed by atoms with E-state index in [0.29, 0.717) is 19.5 Å².